The second-order valence-corrected chi connectivity index (χ2v) is 14.0. The first kappa shape index (κ1) is 32.9. The summed E-state index contributed by atoms with van der Waals surface area (Å²) in [6.45, 7) is 9.62. The summed E-state index contributed by atoms with van der Waals surface area (Å²) < 4.78 is 45.0. The molecule has 1 fully saturated rings. The van der Waals surface area contributed by atoms with Gasteiger partial charge in [0.05, 0.1) is 25.2 Å². The average Bonchev–Trinajstić information content (AvgIpc) is 3.00. The Balaban J connectivity index is 1.36. The lowest BCUT2D eigenvalue weighted by Crippen LogP contribution is -2.49. The molecule has 0 unspecified atom stereocenters. The number of allylic oxidation sites excluding steroid dienone is 1. The van der Waals surface area contributed by atoms with Crippen molar-refractivity contribution in [2.45, 2.75) is 44.9 Å². The van der Waals surface area contributed by atoms with E-state index in [-0.39, 0.29) is 54.2 Å². The van der Waals surface area contributed by atoms with E-state index in [2.05, 4.69) is 37.8 Å². The molecule has 2 atom stereocenters. The molecule has 0 bridgehead atoms. The number of piperazine rings is 1. The van der Waals surface area contributed by atoms with Crippen molar-refractivity contribution in [3.63, 3.8) is 0 Å². The predicted octanol–water partition coefficient (Wildman–Crippen LogP) is 3.33. The molecule has 2 aliphatic rings. The number of aliphatic hydroxyl groups excluding tert-OH is 1. The van der Waals surface area contributed by atoms with Crippen LogP contribution >= 0.6 is 0 Å². The Labute approximate surface area is 255 Å². The molecule has 1 amide bonds. The molecule has 4 rings (SSSR count). The molecule has 1 saturated heterocycles. The molecule has 10 nitrogen and oxygen atoms in total. The maximum atomic E-state index is 13.6. The predicted molar refractivity (Wildman–Crippen MR) is 164 cm³/mol. The van der Waals surface area contributed by atoms with Crippen molar-refractivity contribution in [1.29, 1.82) is 0 Å². The second-order valence-electron chi connectivity index (χ2n) is 12.0. The van der Waals surface area contributed by atoms with Crippen molar-refractivity contribution in [3.05, 3.63) is 72.0 Å². The minimum atomic E-state index is -3.87. The molecule has 11 heteroatoms. The van der Waals surface area contributed by atoms with Gasteiger partial charge in [-0.2, -0.15) is 4.31 Å². The number of sulfonamides is 1. The lowest BCUT2D eigenvalue weighted by Gasteiger charge is -2.39. The lowest BCUT2D eigenvalue weighted by molar-refractivity contribution is -0.159. The molecular formula is C32H45N3O7S. The standard InChI is InChI=1S/C32H45N3O7S/c1-32(2,3)26-22-29(31(37)34-16-14-33(15-17-34)24-25-8-6-5-7-9-25)42-30(23-26)41-21-19-35(18-20-36)43(38,39)28-12-10-27(40-4)11-13-28/h5-13,22,26,30,36H,14-21,23-24H2,1-4H3/t26-,30+/m0/s1. The number of amides is 1. The number of hydrogen-bond acceptors (Lipinski definition) is 8. The van der Waals surface area contributed by atoms with E-state index in [9.17, 15) is 18.3 Å². The fourth-order valence-electron chi connectivity index (χ4n) is 5.27. The van der Waals surface area contributed by atoms with Gasteiger partial charge < -0.3 is 24.2 Å². The highest BCUT2D eigenvalue weighted by Crippen LogP contribution is 2.37. The number of carbonyl (C=O) groups is 1. The number of hydrogen-bond donors (Lipinski definition) is 1. The molecule has 2 aliphatic heterocycles. The van der Waals surface area contributed by atoms with Crippen LogP contribution in [0.3, 0.4) is 0 Å². The zero-order valence-electron chi connectivity index (χ0n) is 25.6. The Hall–Kier alpha value is -2.96. The second kappa shape index (κ2) is 14.7. The van der Waals surface area contributed by atoms with Gasteiger partial charge in [0.1, 0.15) is 5.75 Å². The van der Waals surface area contributed by atoms with Crippen molar-refractivity contribution in [2.24, 2.45) is 11.3 Å². The minimum absolute atomic E-state index is 0.0192. The molecule has 0 aromatic heterocycles. The van der Waals surface area contributed by atoms with Crippen molar-refractivity contribution < 1.29 is 32.5 Å². The van der Waals surface area contributed by atoms with Gasteiger partial charge in [-0.1, -0.05) is 51.1 Å². The van der Waals surface area contributed by atoms with Gasteiger partial charge in [0, 0.05) is 52.2 Å². The first-order chi connectivity index (χ1) is 20.5. The van der Waals surface area contributed by atoms with Gasteiger partial charge in [-0.3, -0.25) is 9.69 Å². The Bertz CT molecular complexity index is 1320. The van der Waals surface area contributed by atoms with Crippen molar-refractivity contribution in [2.75, 3.05) is 59.6 Å². The summed E-state index contributed by atoms with van der Waals surface area (Å²) in [4.78, 5) is 17.8. The van der Waals surface area contributed by atoms with E-state index in [4.69, 9.17) is 14.2 Å². The SMILES string of the molecule is COc1ccc(S(=O)(=O)N(CCO)CCO[C@H]2C[C@@H](C(C)(C)C)C=C(C(=O)N3CCN(Cc4ccccc4)CC3)O2)cc1. The van der Waals surface area contributed by atoms with Gasteiger partial charge in [0.15, 0.2) is 5.76 Å². The van der Waals surface area contributed by atoms with E-state index in [0.717, 1.165) is 19.6 Å². The summed E-state index contributed by atoms with van der Waals surface area (Å²) in [5.74, 6) is 0.712. The van der Waals surface area contributed by atoms with Gasteiger partial charge in [0.2, 0.25) is 16.3 Å². The molecule has 236 valence electrons. The first-order valence-electron chi connectivity index (χ1n) is 14.8. The largest absolute Gasteiger partial charge is 0.497 e. The van der Waals surface area contributed by atoms with Crippen LogP contribution in [0.15, 0.2) is 71.3 Å². The zero-order chi connectivity index (χ0) is 31.0. The van der Waals surface area contributed by atoms with E-state index < -0.39 is 16.3 Å². The van der Waals surface area contributed by atoms with Crippen LogP contribution in [-0.2, 0) is 30.8 Å². The number of methoxy groups -OCH3 is 1. The number of nitrogens with zero attached hydrogens (tertiary/aromatic N) is 3. The lowest BCUT2D eigenvalue weighted by atomic mass is 9.77. The molecule has 2 heterocycles. The van der Waals surface area contributed by atoms with Crippen LogP contribution in [0.5, 0.6) is 5.75 Å². The van der Waals surface area contributed by atoms with Crippen LogP contribution in [0.25, 0.3) is 0 Å². The Morgan fingerprint density at radius 2 is 1.70 bits per heavy atom. The van der Waals surface area contributed by atoms with Crippen LogP contribution in [0.4, 0.5) is 0 Å². The summed E-state index contributed by atoms with van der Waals surface area (Å²) in [6, 6.07) is 16.4. The summed E-state index contributed by atoms with van der Waals surface area (Å²) in [5, 5.41) is 9.57. The molecule has 43 heavy (non-hydrogen) atoms. The fourth-order valence-corrected chi connectivity index (χ4v) is 6.68. The Morgan fingerprint density at radius 3 is 2.30 bits per heavy atom. The minimum Gasteiger partial charge on any atom is -0.497 e. The summed E-state index contributed by atoms with van der Waals surface area (Å²) in [5.41, 5.74) is 1.12. The topological polar surface area (TPSA) is 109 Å². The molecule has 0 radical (unpaired) electrons. The van der Waals surface area contributed by atoms with Gasteiger partial charge >= 0.3 is 0 Å². The van der Waals surface area contributed by atoms with Gasteiger partial charge in [-0.15, -0.1) is 0 Å². The fraction of sp³-hybridized carbons (Fsp3) is 0.531. The summed E-state index contributed by atoms with van der Waals surface area (Å²) in [6.07, 6.45) is 1.76. The monoisotopic (exact) mass is 615 g/mol. The molecule has 0 spiro atoms. The van der Waals surface area contributed by atoms with Gasteiger partial charge in [0.25, 0.3) is 5.91 Å². The number of carbonyl (C=O) groups excluding carboxylic acids is 1. The summed E-state index contributed by atoms with van der Waals surface area (Å²) >= 11 is 0. The van der Waals surface area contributed by atoms with Crippen LogP contribution < -0.4 is 4.74 Å². The number of benzene rings is 2. The highest BCUT2D eigenvalue weighted by molar-refractivity contribution is 7.89. The smallest absolute Gasteiger partial charge is 0.288 e. The third-order valence-corrected chi connectivity index (χ3v) is 9.89. The highest BCUT2D eigenvalue weighted by atomic mass is 32.2. The van der Waals surface area contributed by atoms with Crippen molar-refractivity contribution in [3.8, 4) is 5.75 Å². The van der Waals surface area contributed by atoms with Crippen LogP contribution in [0, 0.1) is 11.3 Å². The van der Waals surface area contributed by atoms with E-state index in [1.54, 1.807) is 12.1 Å². The molecular weight excluding hydrogens is 570 g/mol. The highest BCUT2D eigenvalue weighted by Gasteiger charge is 2.36. The number of aliphatic hydroxyl groups is 1. The van der Waals surface area contributed by atoms with Crippen LogP contribution in [0.1, 0.15) is 32.8 Å². The first-order valence-corrected chi connectivity index (χ1v) is 16.3. The third-order valence-electron chi connectivity index (χ3n) is 7.98. The van der Waals surface area contributed by atoms with Gasteiger partial charge in [-0.25, -0.2) is 8.42 Å². The number of rotatable bonds is 12. The van der Waals surface area contributed by atoms with Crippen LogP contribution in [-0.4, -0.2) is 99.4 Å². The zero-order valence-corrected chi connectivity index (χ0v) is 26.5. The maximum absolute atomic E-state index is 13.6. The average molecular weight is 616 g/mol. The van der Waals surface area contributed by atoms with E-state index in [1.165, 1.54) is 29.1 Å². The third kappa shape index (κ3) is 8.79. The van der Waals surface area contributed by atoms with Gasteiger partial charge in [-0.05, 0) is 47.2 Å². The molecule has 1 N–H and O–H groups in total. The van der Waals surface area contributed by atoms with Crippen molar-refractivity contribution in [1.82, 2.24) is 14.1 Å². The molecule has 2 aromatic carbocycles. The number of ether oxygens (including phenoxy) is 3. The Kier molecular flexibility index (Phi) is 11.2. The molecule has 2 aromatic rings. The van der Waals surface area contributed by atoms with E-state index in [0.29, 0.717) is 25.3 Å². The maximum Gasteiger partial charge on any atom is 0.288 e. The molecule has 0 aliphatic carbocycles. The van der Waals surface area contributed by atoms with Crippen LogP contribution in [0.2, 0.25) is 0 Å². The molecule has 0 saturated carbocycles. The van der Waals surface area contributed by atoms with Crippen molar-refractivity contribution >= 4 is 15.9 Å². The Morgan fingerprint density at radius 1 is 1.02 bits per heavy atom. The van der Waals surface area contributed by atoms with E-state index >= 15 is 0 Å². The van der Waals surface area contributed by atoms with E-state index in [1.807, 2.05) is 29.2 Å². The normalized spacial score (nSPS) is 20.0. The quantitative estimate of drug-likeness (QED) is 0.388. The summed E-state index contributed by atoms with van der Waals surface area (Å²) in [7, 11) is -2.36.